The minimum atomic E-state index is -4.95. The van der Waals surface area contributed by atoms with Gasteiger partial charge in [0.15, 0.2) is 12.2 Å². The van der Waals surface area contributed by atoms with E-state index < -0.39 is 97.5 Å². The number of aliphatic hydroxyl groups excluding tert-OH is 1. The molecule has 516 valence electrons. The quantitative estimate of drug-likeness (QED) is 0.0222. The van der Waals surface area contributed by atoms with E-state index in [0.717, 1.165) is 108 Å². The van der Waals surface area contributed by atoms with Crippen LogP contribution in [0.4, 0.5) is 0 Å². The van der Waals surface area contributed by atoms with E-state index in [0.29, 0.717) is 37.5 Å². The molecule has 0 aromatic rings. The van der Waals surface area contributed by atoms with Gasteiger partial charge in [0.1, 0.15) is 19.3 Å². The average molecular weight is 1280 g/mol. The zero-order valence-electron chi connectivity index (χ0n) is 56.6. The number of aliphatic hydroxyl groups is 1. The van der Waals surface area contributed by atoms with Gasteiger partial charge in [-0.15, -0.1) is 0 Å². The van der Waals surface area contributed by atoms with Crippen LogP contribution in [0, 0.1) is 23.7 Å². The summed E-state index contributed by atoms with van der Waals surface area (Å²) in [6.45, 7) is 14.0. The Morgan fingerprint density at radius 1 is 0.287 bits per heavy atom. The monoisotopic (exact) mass is 1280 g/mol. The maximum atomic E-state index is 13.0. The number of carbonyl (C=O) groups is 4. The van der Waals surface area contributed by atoms with Gasteiger partial charge in [-0.3, -0.25) is 37.3 Å². The van der Waals surface area contributed by atoms with Gasteiger partial charge in [-0.1, -0.05) is 280 Å². The van der Waals surface area contributed by atoms with Gasteiger partial charge in [0.2, 0.25) is 0 Å². The van der Waals surface area contributed by atoms with Crippen molar-refractivity contribution in [3.05, 3.63) is 0 Å². The third kappa shape index (κ3) is 62.6. The smallest absolute Gasteiger partial charge is 0.462 e. The van der Waals surface area contributed by atoms with Crippen molar-refractivity contribution < 1.29 is 80.2 Å². The number of unbranched alkanes of at least 4 members (excludes halogenated alkanes) is 31. The zero-order chi connectivity index (χ0) is 64.7. The fourth-order valence-electron chi connectivity index (χ4n) is 10.1. The van der Waals surface area contributed by atoms with E-state index in [1.54, 1.807) is 0 Å². The van der Waals surface area contributed by atoms with Crippen molar-refractivity contribution in [2.75, 3.05) is 39.6 Å². The van der Waals surface area contributed by atoms with Gasteiger partial charge in [-0.2, -0.15) is 0 Å². The lowest BCUT2D eigenvalue weighted by atomic mass is 10.0. The lowest BCUT2D eigenvalue weighted by Gasteiger charge is -2.21. The van der Waals surface area contributed by atoms with E-state index in [4.69, 9.17) is 37.0 Å². The number of hydrogen-bond donors (Lipinski definition) is 3. The number of rotatable bonds is 65. The Balaban J connectivity index is 5.22. The highest BCUT2D eigenvalue weighted by Gasteiger charge is 2.30. The Hall–Kier alpha value is -1.94. The highest BCUT2D eigenvalue weighted by Crippen LogP contribution is 2.45. The van der Waals surface area contributed by atoms with Crippen LogP contribution in [0.2, 0.25) is 0 Å². The molecule has 0 radical (unpaired) electrons. The predicted molar refractivity (Wildman–Crippen MR) is 349 cm³/mol. The summed E-state index contributed by atoms with van der Waals surface area (Å²) in [7, 11) is -9.90. The van der Waals surface area contributed by atoms with Crippen molar-refractivity contribution in [3.63, 3.8) is 0 Å². The SMILES string of the molecule is CC(C)CCCCCCCCCCCCCCCC(=O)O[C@H](COC(=O)CCCCCCCCCC(C)C)COP(=O)(O)OCC(O)COP(=O)(O)OC[C@@H](COC(=O)CCCCCCCCCCCC(C)C)OC(=O)CCCCCCCCC(C)C. The molecular weight excluding hydrogens is 1150 g/mol. The standard InChI is InChI=1S/C68H132O17P2/c1-58(2)44-36-28-20-15-12-10-9-11-13-17-24-34-42-50-67(72)84-63(54-79-66(71)49-41-33-25-19-22-30-38-46-60(5)6)56-82-86(74,75)80-52-62(69)53-81-87(76,77)83-57-64(85-68(73)51-43-35-27-26-31-39-47-61(7)8)55-78-65(70)48-40-32-23-18-14-16-21-29-37-45-59(3)4/h58-64,69H,9-57H2,1-8H3,(H,74,75)(H,76,77)/t62?,63-,64-/m1/s1. The maximum absolute atomic E-state index is 13.0. The predicted octanol–water partition coefficient (Wildman–Crippen LogP) is 18.9. The Kier molecular flexibility index (Phi) is 56.6. The fourth-order valence-corrected chi connectivity index (χ4v) is 11.7. The Bertz CT molecular complexity index is 1730. The molecule has 0 aliphatic carbocycles. The molecule has 87 heavy (non-hydrogen) atoms. The summed E-state index contributed by atoms with van der Waals surface area (Å²) < 4.78 is 68.1. The second-order valence-electron chi connectivity index (χ2n) is 26.5. The molecular formula is C68H132O17P2. The van der Waals surface area contributed by atoms with Crippen LogP contribution in [-0.4, -0.2) is 96.7 Å². The highest BCUT2D eigenvalue weighted by molar-refractivity contribution is 7.47. The van der Waals surface area contributed by atoms with Gasteiger partial charge in [-0.05, 0) is 49.4 Å². The molecule has 0 aromatic heterocycles. The summed E-state index contributed by atoms with van der Waals surface area (Å²) in [5.74, 6) is 0.768. The van der Waals surface area contributed by atoms with Crippen molar-refractivity contribution in [2.24, 2.45) is 23.7 Å². The molecule has 19 heteroatoms. The van der Waals surface area contributed by atoms with Crippen molar-refractivity contribution >= 4 is 39.5 Å². The molecule has 17 nitrogen and oxygen atoms in total. The Labute approximate surface area is 530 Å². The second-order valence-corrected chi connectivity index (χ2v) is 29.4. The molecule has 0 heterocycles. The van der Waals surface area contributed by atoms with Gasteiger partial charge >= 0.3 is 39.5 Å². The number of phosphoric acid groups is 2. The molecule has 0 fully saturated rings. The van der Waals surface area contributed by atoms with Crippen LogP contribution in [0.3, 0.4) is 0 Å². The third-order valence-electron chi connectivity index (χ3n) is 15.6. The lowest BCUT2D eigenvalue weighted by Crippen LogP contribution is -2.30. The van der Waals surface area contributed by atoms with Gasteiger partial charge in [0.05, 0.1) is 26.4 Å². The topological polar surface area (TPSA) is 237 Å². The molecule has 0 aromatic carbocycles. The summed E-state index contributed by atoms with van der Waals surface area (Å²) in [4.78, 5) is 72.4. The third-order valence-corrected chi connectivity index (χ3v) is 17.5. The normalized spacial score (nSPS) is 14.3. The van der Waals surface area contributed by atoms with Crippen LogP contribution in [-0.2, 0) is 65.4 Å². The van der Waals surface area contributed by atoms with Crippen LogP contribution < -0.4 is 0 Å². The number of carbonyl (C=O) groups excluding carboxylic acids is 4. The molecule has 3 unspecified atom stereocenters. The fraction of sp³-hybridized carbons (Fsp3) is 0.941. The molecule has 0 rings (SSSR count). The van der Waals surface area contributed by atoms with Crippen molar-refractivity contribution in [2.45, 2.75) is 350 Å². The summed E-state index contributed by atoms with van der Waals surface area (Å²) in [6, 6.07) is 0. The van der Waals surface area contributed by atoms with Crippen molar-refractivity contribution in [3.8, 4) is 0 Å². The van der Waals surface area contributed by atoms with Crippen molar-refractivity contribution in [1.29, 1.82) is 0 Å². The van der Waals surface area contributed by atoms with Crippen LogP contribution in [0.25, 0.3) is 0 Å². The van der Waals surface area contributed by atoms with E-state index in [2.05, 4.69) is 55.4 Å². The number of hydrogen-bond acceptors (Lipinski definition) is 15. The van der Waals surface area contributed by atoms with Gasteiger partial charge in [0.25, 0.3) is 0 Å². The van der Waals surface area contributed by atoms with Crippen LogP contribution >= 0.6 is 15.6 Å². The lowest BCUT2D eigenvalue weighted by molar-refractivity contribution is -0.161. The summed E-state index contributed by atoms with van der Waals surface area (Å²) >= 11 is 0. The Morgan fingerprint density at radius 2 is 0.483 bits per heavy atom. The first-order valence-electron chi connectivity index (χ1n) is 35.2. The van der Waals surface area contributed by atoms with Gasteiger partial charge in [0, 0.05) is 25.7 Å². The van der Waals surface area contributed by atoms with Crippen LogP contribution in [0.5, 0.6) is 0 Å². The summed E-state index contributed by atoms with van der Waals surface area (Å²) in [5.41, 5.74) is 0. The first kappa shape index (κ1) is 85.1. The molecule has 0 aliphatic heterocycles. The minimum Gasteiger partial charge on any atom is -0.462 e. The molecule has 0 aliphatic rings. The average Bonchev–Trinajstić information content (AvgIpc) is 3.54. The first-order chi connectivity index (χ1) is 41.6. The first-order valence-corrected chi connectivity index (χ1v) is 38.2. The van der Waals surface area contributed by atoms with Gasteiger partial charge in [-0.25, -0.2) is 9.13 Å². The molecule has 0 bridgehead atoms. The van der Waals surface area contributed by atoms with E-state index in [1.807, 2.05) is 0 Å². The van der Waals surface area contributed by atoms with E-state index in [-0.39, 0.29) is 25.7 Å². The second kappa shape index (κ2) is 57.9. The number of esters is 4. The number of phosphoric ester groups is 2. The maximum Gasteiger partial charge on any atom is 0.472 e. The highest BCUT2D eigenvalue weighted by atomic mass is 31.2. The molecule has 0 spiro atoms. The van der Waals surface area contributed by atoms with Crippen molar-refractivity contribution in [1.82, 2.24) is 0 Å². The molecule has 5 atom stereocenters. The van der Waals surface area contributed by atoms with Gasteiger partial charge < -0.3 is 33.8 Å². The number of ether oxygens (including phenoxy) is 4. The molecule has 0 saturated heterocycles. The molecule has 0 saturated carbocycles. The summed E-state index contributed by atoms with van der Waals surface area (Å²) in [6.07, 6.45) is 39.2. The summed E-state index contributed by atoms with van der Waals surface area (Å²) in [5, 5.41) is 10.6. The zero-order valence-corrected chi connectivity index (χ0v) is 58.4. The molecule has 3 N–H and O–H groups in total. The van der Waals surface area contributed by atoms with E-state index in [9.17, 15) is 43.2 Å². The Morgan fingerprint density at radius 3 is 0.713 bits per heavy atom. The van der Waals surface area contributed by atoms with Crippen LogP contribution in [0.15, 0.2) is 0 Å². The van der Waals surface area contributed by atoms with Crippen LogP contribution in [0.1, 0.15) is 331 Å². The largest absolute Gasteiger partial charge is 0.472 e. The van der Waals surface area contributed by atoms with E-state index >= 15 is 0 Å². The molecule has 0 amide bonds. The minimum absolute atomic E-state index is 0.101. The van der Waals surface area contributed by atoms with E-state index in [1.165, 1.54) is 128 Å².